The maximum atomic E-state index is 12.1. The molecule has 0 fully saturated rings. The molecule has 6 nitrogen and oxygen atoms in total. The fraction of sp³-hybridized carbons (Fsp3) is 0.429. The summed E-state index contributed by atoms with van der Waals surface area (Å²) in [7, 11) is -3.43. The van der Waals surface area contributed by atoms with E-state index < -0.39 is 33.2 Å². The van der Waals surface area contributed by atoms with Crippen LogP contribution in [0.25, 0.3) is 0 Å². The molecule has 0 radical (unpaired) electrons. The van der Waals surface area contributed by atoms with E-state index in [-0.39, 0.29) is 10.5 Å². The number of amides is 1. The lowest BCUT2D eigenvalue weighted by Crippen LogP contribution is -2.49. The zero-order valence-corrected chi connectivity index (χ0v) is 13.2. The molecule has 0 heterocycles. The van der Waals surface area contributed by atoms with E-state index in [0.29, 0.717) is 0 Å². The normalized spacial score (nSPS) is 13.5. The summed E-state index contributed by atoms with van der Waals surface area (Å²) in [4.78, 5) is 23.4. The van der Waals surface area contributed by atoms with E-state index in [2.05, 4.69) is 5.32 Å². The topological polar surface area (TPSA) is 101 Å². The highest BCUT2D eigenvalue weighted by Crippen LogP contribution is 2.20. The van der Waals surface area contributed by atoms with Crippen molar-refractivity contribution in [2.45, 2.75) is 31.7 Å². The van der Waals surface area contributed by atoms with Gasteiger partial charge in [-0.15, -0.1) is 0 Å². The third-order valence-corrected chi connectivity index (χ3v) is 4.02. The van der Waals surface area contributed by atoms with E-state index in [9.17, 15) is 23.1 Å². The van der Waals surface area contributed by atoms with Crippen LogP contribution in [0.2, 0.25) is 0 Å². The summed E-state index contributed by atoms with van der Waals surface area (Å²) < 4.78 is 22.9. The van der Waals surface area contributed by atoms with Crippen LogP contribution in [0.5, 0.6) is 0 Å². The van der Waals surface area contributed by atoms with Gasteiger partial charge in [0.2, 0.25) is 0 Å². The van der Waals surface area contributed by atoms with Gasteiger partial charge in [-0.2, -0.15) is 0 Å². The molecule has 0 saturated carbocycles. The van der Waals surface area contributed by atoms with Crippen molar-refractivity contribution in [1.29, 1.82) is 0 Å². The van der Waals surface area contributed by atoms with Gasteiger partial charge in [0.15, 0.2) is 9.84 Å². The maximum Gasteiger partial charge on any atom is 0.326 e. The lowest BCUT2D eigenvalue weighted by Gasteiger charge is -2.27. The highest BCUT2D eigenvalue weighted by atomic mass is 32.2. The smallest absolute Gasteiger partial charge is 0.326 e. The number of hydrogen-bond acceptors (Lipinski definition) is 4. The van der Waals surface area contributed by atoms with Crippen molar-refractivity contribution < 1.29 is 23.1 Å². The highest BCUT2D eigenvalue weighted by molar-refractivity contribution is 7.90. The standard InChI is InChI=1S/C14H19NO5S/c1-14(2,3)11(13(17)18)15-12(16)9-6-5-7-10(8-9)21(4,19)20/h5-8,11H,1-4H3,(H,15,16)(H,17,18)/t11-/m1/s1. The molecule has 0 aliphatic heterocycles. The minimum absolute atomic E-state index is 0.0118. The van der Waals surface area contributed by atoms with Gasteiger partial charge in [-0.3, -0.25) is 4.79 Å². The average Bonchev–Trinajstić information content (AvgIpc) is 2.33. The summed E-state index contributed by atoms with van der Waals surface area (Å²) in [5.74, 6) is -1.77. The van der Waals surface area contributed by atoms with Crippen molar-refractivity contribution in [3.8, 4) is 0 Å². The van der Waals surface area contributed by atoms with Crippen molar-refractivity contribution in [2.75, 3.05) is 6.26 Å². The number of nitrogens with one attached hydrogen (secondary N) is 1. The summed E-state index contributed by atoms with van der Waals surface area (Å²) in [5.41, 5.74) is -0.566. The summed E-state index contributed by atoms with van der Waals surface area (Å²) in [5, 5.41) is 11.6. The third-order valence-electron chi connectivity index (χ3n) is 2.91. The number of carbonyl (C=O) groups is 2. The van der Waals surface area contributed by atoms with Gasteiger partial charge in [-0.25, -0.2) is 13.2 Å². The number of sulfone groups is 1. The fourth-order valence-electron chi connectivity index (χ4n) is 1.73. The number of carboxylic acid groups (broad SMARTS) is 1. The van der Waals surface area contributed by atoms with Crippen molar-refractivity contribution in [3.63, 3.8) is 0 Å². The molecule has 21 heavy (non-hydrogen) atoms. The summed E-state index contributed by atoms with van der Waals surface area (Å²) in [6, 6.07) is 4.41. The largest absolute Gasteiger partial charge is 0.480 e. The molecule has 0 aromatic heterocycles. The summed E-state index contributed by atoms with van der Waals surface area (Å²) in [6.07, 6.45) is 1.04. The lowest BCUT2D eigenvalue weighted by atomic mass is 9.86. The number of carbonyl (C=O) groups excluding carboxylic acids is 1. The van der Waals surface area contributed by atoms with Crippen molar-refractivity contribution >= 4 is 21.7 Å². The minimum Gasteiger partial charge on any atom is -0.480 e. The lowest BCUT2D eigenvalue weighted by molar-refractivity contribution is -0.142. The van der Waals surface area contributed by atoms with Crippen molar-refractivity contribution in [1.82, 2.24) is 5.32 Å². The van der Waals surface area contributed by atoms with Gasteiger partial charge < -0.3 is 10.4 Å². The average molecular weight is 313 g/mol. The molecule has 0 bridgehead atoms. The molecule has 1 amide bonds. The number of benzene rings is 1. The Morgan fingerprint density at radius 3 is 2.24 bits per heavy atom. The van der Waals surface area contributed by atoms with E-state index in [0.717, 1.165) is 6.26 Å². The third kappa shape index (κ3) is 4.56. The first kappa shape index (κ1) is 17.2. The molecular weight excluding hydrogens is 294 g/mol. The quantitative estimate of drug-likeness (QED) is 0.873. The Hall–Kier alpha value is -1.89. The van der Waals surface area contributed by atoms with Gasteiger partial charge >= 0.3 is 5.97 Å². The molecule has 116 valence electrons. The highest BCUT2D eigenvalue weighted by Gasteiger charge is 2.32. The number of hydrogen-bond donors (Lipinski definition) is 2. The van der Waals surface area contributed by atoms with Gasteiger partial charge in [0.1, 0.15) is 6.04 Å². The van der Waals surface area contributed by atoms with Crippen LogP contribution >= 0.6 is 0 Å². The Balaban J connectivity index is 3.07. The predicted octanol–water partition coefficient (Wildman–Crippen LogP) is 1.32. The van der Waals surface area contributed by atoms with Crippen LogP contribution < -0.4 is 5.32 Å². The van der Waals surface area contributed by atoms with Crippen LogP contribution in [-0.2, 0) is 14.6 Å². The first-order valence-corrected chi connectivity index (χ1v) is 8.16. The van der Waals surface area contributed by atoms with Gasteiger partial charge in [0.25, 0.3) is 5.91 Å². The molecule has 1 aromatic carbocycles. The Labute approximate surface area is 124 Å². The molecule has 7 heteroatoms. The van der Waals surface area contributed by atoms with Crippen LogP contribution in [0.1, 0.15) is 31.1 Å². The Kier molecular flexibility index (Phi) is 4.78. The van der Waals surface area contributed by atoms with E-state index in [1.807, 2.05) is 0 Å². The Bertz CT molecular complexity index is 658. The molecule has 1 atom stereocenters. The van der Waals surface area contributed by atoms with Gasteiger partial charge in [0.05, 0.1) is 4.90 Å². The Morgan fingerprint density at radius 2 is 1.81 bits per heavy atom. The maximum absolute atomic E-state index is 12.1. The molecule has 1 aromatic rings. The molecule has 0 unspecified atom stereocenters. The predicted molar refractivity (Wildman–Crippen MR) is 77.9 cm³/mol. The van der Waals surface area contributed by atoms with Gasteiger partial charge in [0, 0.05) is 11.8 Å². The minimum atomic E-state index is -3.43. The van der Waals surface area contributed by atoms with E-state index in [1.54, 1.807) is 20.8 Å². The first-order valence-electron chi connectivity index (χ1n) is 6.26. The first-order chi connectivity index (χ1) is 9.43. The van der Waals surface area contributed by atoms with Gasteiger partial charge in [-0.05, 0) is 23.6 Å². The van der Waals surface area contributed by atoms with Crippen LogP contribution in [0.3, 0.4) is 0 Å². The molecular formula is C14H19NO5S. The molecule has 0 saturated heterocycles. The second-order valence-electron chi connectivity index (χ2n) is 5.91. The monoisotopic (exact) mass is 313 g/mol. The number of rotatable bonds is 4. The van der Waals surface area contributed by atoms with Crippen LogP contribution in [-0.4, -0.2) is 37.7 Å². The zero-order valence-electron chi connectivity index (χ0n) is 12.4. The number of aliphatic carboxylic acids is 1. The van der Waals surface area contributed by atoms with E-state index in [1.165, 1.54) is 24.3 Å². The van der Waals surface area contributed by atoms with Crippen LogP contribution in [0.15, 0.2) is 29.2 Å². The van der Waals surface area contributed by atoms with Crippen molar-refractivity contribution in [3.05, 3.63) is 29.8 Å². The number of carboxylic acids is 1. The molecule has 1 rings (SSSR count). The molecule has 0 spiro atoms. The second-order valence-corrected chi connectivity index (χ2v) is 7.93. The van der Waals surface area contributed by atoms with Gasteiger partial charge in [-0.1, -0.05) is 26.8 Å². The van der Waals surface area contributed by atoms with Crippen LogP contribution in [0, 0.1) is 5.41 Å². The molecule has 2 N–H and O–H groups in total. The molecule has 0 aliphatic carbocycles. The summed E-state index contributed by atoms with van der Waals surface area (Å²) >= 11 is 0. The Morgan fingerprint density at radius 1 is 1.24 bits per heavy atom. The summed E-state index contributed by atoms with van der Waals surface area (Å²) in [6.45, 7) is 5.08. The fourth-order valence-corrected chi connectivity index (χ4v) is 2.40. The van der Waals surface area contributed by atoms with E-state index in [4.69, 9.17) is 0 Å². The zero-order chi connectivity index (χ0) is 16.4. The SMILES string of the molecule is CC(C)(C)[C@H](NC(=O)c1cccc(S(C)(=O)=O)c1)C(=O)O. The van der Waals surface area contributed by atoms with E-state index >= 15 is 0 Å². The molecule has 0 aliphatic rings. The van der Waals surface area contributed by atoms with Crippen LogP contribution in [0.4, 0.5) is 0 Å². The second kappa shape index (κ2) is 5.85. The van der Waals surface area contributed by atoms with Crippen molar-refractivity contribution in [2.24, 2.45) is 5.41 Å².